The summed E-state index contributed by atoms with van der Waals surface area (Å²) in [6, 6.07) is 0. The Balaban J connectivity index is 0. The maximum Gasteiger partial charge on any atom is 0.0518 e. The van der Waals surface area contributed by atoms with E-state index in [0.29, 0.717) is 0 Å². The lowest BCUT2D eigenvalue weighted by Crippen LogP contribution is -2.31. The van der Waals surface area contributed by atoms with Crippen molar-refractivity contribution in [3.8, 4) is 0 Å². The SMILES string of the molecule is CC.CC.CC(C)C1COC1. The van der Waals surface area contributed by atoms with E-state index in [1.165, 1.54) is 0 Å². The van der Waals surface area contributed by atoms with Crippen LogP contribution in [0.4, 0.5) is 0 Å². The van der Waals surface area contributed by atoms with Gasteiger partial charge in [-0.3, -0.25) is 0 Å². The molecule has 0 N–H and O–H groups in total. The van der Waals surface area contributed by atoms with Gasteiger partial charge in [-0.15, -0.1) is 0 Å². The average molecular weight is 160 g/mol. The Kier molecular flexibility index (Phi) is 12.3. The second kappa shape index (κ2) is 9.96. The van der Waals surface area contributed by atoms with Crippen molar-refractivity contribution in [2.24, 2.45) is 11.8 Å². The van der Waals surface area contributed by atoms with E-state index in [1.54, 1.807) is 0 Å². The van der Waals surface area contributed by atoms with Gasteiger partial charge in [0, 0.05) is 5.92 Å². The first-order valence-corrected chi connectivity index (χ1v) is 4.88. The zero-order chi connectivity index (χ0) is 9.28. The fourth-order valence-corrected chi connectivity index (χ4v) is 0.639. The minimum atomic E-state index is 0.828. The van der Waals surface area contributed by atoms with Crippen LogP contribution in [0.25, 0.3) is 0 Å². The molecule has 0 aromatic heterocycles. The molecule has 0 aromatic rings. The van der Waals surface area contributed by atoms with Crippen LogP contribution in [-0.2, 0) is 4.74 Å². The number of rotatable bonds is 1. The quantitative estimate of drug-likeness (QED) is 0.571. The van der Waals surface area contributed by atoms with Crippen molar-refractivity contribution in [3.05, 3.63) is 0 Å². The maximum absolute atomic E-state index is 5.00. The largest absolute Gasteiger partial charge is 0.381 e. The summed E-state index contributed by atoms with van der Waals surface area (Å²) in [4.78, 5) is 0. The molecule has 0 atom stereocenters. The Morgan fingerprint density at radius 1 is 1.00 bits per heavy atom. The molecule has 0 amide bonds. The molecule has 1 saturated heterocycles. The van der Waals surface area contributed by atoms with Crippen LogP contribution in [0.1, 0.15) is 41.5 Å². The van der Waals surface area contributed by atoms with Crippen LogP contribution in [0.3, 0.4) is 0 Å². The Morgan fingerprint density at radius 3 is 1.36 bits per heavy atom. The third-order valence-electron chi connectivity index (χ3n) is 1.61. The molecule has 1 aliphatic heterocycles. The minimum absolute atomic E-state index is 0.828. The van der Waals surface area contributed by atoms with Crippen LogP contribution >= 0.6 is 0 Å². The van der Waals surface area contributed by atoms with E-state index in [4.69, 9.17) is 4.74 Å². The molecule has 0 spiro atoms. The smallest absolute Gasteiger partial charge is 0.0518 e. The number of hydrogen-bond donors (Lipinski definition) is 0. The molecule has 0 aromatic carbocycles. The molecular weight excluding hydrogens is 136 g/mol. The lowest BCUT2D eigenvalue weighted by Gasteiger charge is -2.29. The van der Waals surface area contributed by atoms with Crippen molar-refractivity contribution >= 4 is 0 Å². The van der Waals surface area contributed by atoms with E-state index < -0.39 is 0 Å². The van der Waals surface area contributed by atoms with Gasteiger partial charge in [0.25, 0.3) is 0 Å². The normalized spacial score (nSPS) is 15.5. The Labute approximate surface area is 72.1 Å². The average Bonchev–Trinajstić information content (AvgIpc) is 1.92. The van der Waals surface area contributed by atoms with Gasteiger partial charge in [0.1, 0.15) is 0 Å². The standard InChI is InChI=1S/C6H12O.2C2H6/c1-5(2)6-3-7-4-6;2*1-2/h5-6H,3-4H2,1-2H3;2*1-2H3. The molecular formula is C10H24O. The van der Waals surface area contributed by atoms with Crippen LogP contribution in [-0.4, -0.2) is 13.2 Å². The van der Waals surface area contributed by atoms with Crippen molar-refractivity contribution in [1.29, 1.82) is 0 Å². The summed E-state index contributed by atoms with van der Waals surface area (Å²) >= 11 is 0. The zero-order valence-electron chi connectivity index (χ0n) is 8.98. The summed E-state index contributed by atoms with van der Waals surface area (Å²) < 4.78 is 5.00. The number of hydrogen-bond acceptors (Lipinski definition) is 1. The molecule has 11 heavy (non-hydrogen) atoms. The van der Waals surface area contributed by atoms with Gasteiger partial charge < -0.3 is 4.74 Å². The van der Waals surface area contributed by atoms with Crippen LogP contribution in [0.15, 0.2) is 0 Å². The predicted octanol–water partition coefficient (Wildman–Crippen LogP) is 3.34. The highest BCUT2D eigenvalue weighted by molar-refractivity contribution is 4.67. The summed E-state index contributed by atoms with van der Waals surface area (Å²) in [5.74, 6) is 1.69. The van der Waals surface area contributed by atoms with Gasteiger partial charge in [-0.05, 0) is 5.92 Å². The monoisotopic (exact) mass is 160 g/mol. The second-order valence-electron chi connectivity index (χ2n) is 2.54. The first-order valence-electron chi connectivity index (χ1n) is 4.88. The highest BCUT2D eigenvalue weighted by atomic mass is 16.5. The van der Waals surface area contributed by atoms with E-state index in [-0.39, 0.29) is 0 Å². The van der Waals surface area contributed by atoms with Crippen molar-refractivity contribution in [2.45, 2.75) is 41.5 Å². The topological polar surface area (TPSA) is 9.23 Å². The van der Waals surface area contributed by atoms with Gasteiger partial charge in [-0.2, -0.15) is 0 Å². The lowest BCUT2D eigenvalue weighted by atomic mass is 9.95. The molecule has 1 fully saturated rings. The molecule has 0 radical (unpaired) electrons. The van der Waals surface area contributed by atoms with Crippen LogP contribution in [0, 0.1) is 11.8 Å². The van der Waals surface area contributed by atoms with Gasteiger partial charge in [-0.25, -0.2) is 0 Å². The number of ether oxygens (including phenoxy) is 1. The van der Waals surface area contributed by atoms with Crippen LogP contribution < -0.4 is 0 Å². The third-order valence-corrected chi connectivity index (χ3v) is 1.61. The summed E-state index contributed by atoms with van der Waals surface area (Å²) in [5.41, 5.74) is 0. The van der Waals surface area contributed by atoms with Crippen molar-refractivity contribution in [3.63, 3.8) is 0 Å². The molecule has 1 heteroatoms. The van der Waals surface area contributed by atoms with Gasteiger partial charge >= 0.3 is 0 Å². The highest BCUT2D eigenvalue weighted by Gasteiger charge is 2.20. The fraction of sp³-hybridized carbons (Fsp3) is 1.00. The molecule has 70 valence electrons. The molecule has 1 rings (SSSR count). The lowest BCUT2D eigenvalue weighted by molar-refractivity contribution is -0.0534. The van der Waals surface area contributed by atoms with Gasteiger partial charge in [-0.1, -0.05) is 41.5 Å². The molecule has 0 bridgehead atoms. The minimum Gasteiger partial charge on any atom is -0.381 e. The first-order chi connectivity index (χ1) is 5.30. The van der Waals surface area contributed by atoms with Crippen molar-refractivity contribution in [2.75, 3.05) is 13.2 Å². The van der Waals surface area contributed by atoms with Crippen LogP contribution in [0.2, 0.25) is 0 Å². The molecule has 0 saturated carbocycles. The molecule has 0 aliphatic carbocycles. The van der Waals surface area contributed by atoms with Crippen LogP contribution in [0.5, 0.6) is 0 Å². The van der Waals surface area contributed by atoms with E-state index >= 15 is 0 Å². The predicted molar refractivity (Wildman–Crippen MR) is 51.8 cm³/mol. The zero-order valence-corrected chi connectivity index (χ0v) is 8.98. The van der Waals surface area contributed by atoms with E-state index in [0.717, 1.165) is 25.0 Å². The van der Waals surface area contributed by atoms with E-state index in [1.807, 2.05) is 27.7 Å². The second-order valence-corrected chi connectivity index (χ2v) is 2.54. The molecule has 0 unspecified atom stereocenters. The Bertz CT molecular complexity index is 55.9. The van der Waals surface area contributed by atoms with Gasteiger partial charge in [0.2, 0.25) is 0 Å². The van der Waals surface area contributed by atoms with E-state index in [2.05, 4.69) is 13.8 Å². The van der Waals surface area contributed by atoms with Gasteiger partial charge in [0.05, 0.1) is 13.2 Å². The Morgan fingerprint density at radius 2 is 1.36 bits per heavy atom. The van der Waals surface area contributed by atoms with E-state index in [9.17, 15) is 0 Å². The maximum atomic E-state index is 5.00. The summed E-state index contributed by atoms with van der Waals surface area (Å²) in [6.45, 7) is 14.5. The Hall–Kier alpha value is -0.0400. The summed E-state index contributed by atoms with van der Waals surface area (Å²) in [7, 11) is 0. The fourth-order valence-electron chi connectivity index (χ4n) is 0.639. The first kappa shape index (κ1) is 13.5. The molecule has 1 heterocycles. The summed E-state index contributed by atoms with van der Waals surface area (Å²) in [5, 5.41) is 0. The summed E-state index contributed by atoms with van der Waals surface area (Å²) in [6.07, 6.45) is 0. The van der Waals surface area contributed by atoms with Crippen molar-refractivity contribution < 1.29 is 4.74 Å². The molecule has 1 nitrogen and oxygen atoms in total. The highest BCUT2D eigenvalue weighted by Crippen LogP contribution is 2.18. The molecule has 1 aliphatic rings. The third kappa shape index (κ3) is 6.36. The van der Waals surface area contributed by atoms with Crippen molar-refractivity contribution in [1.82, 2.24) is 0 Å². The van der Waals surface area contributed by atoms with Gasteiger partial charge in [0.15, 0.2) is 0 Å².